The lowest BCUT2D eigenvalue weighted by Gasteiger charge is -2.35. The highest BCUT2D eigenvalue weighted by molar-refractivity contribution is 7.17. The van der Waals surface area contributed by atoms with E-state index in [1.807, 2.05) is 23.6 Å². The quantitative estimate of drug-likeness (QED) is 0.310. The van der Waals surface area contributed by atoms with Gasteiger partial charge in [0, 0.05) is 23.5 Å². The van der Waals surface area contributed by atoms with Crippen molar-refractivity contribution in [1.82, 2.24) is 14.9 Å². The molecule has 0 radical (unpaired) electrons. The molecule has 5 rings (SSSR count). The average molecular weight is 502 g/mol. The van der Waals surface area contributed by atoms with Gasteiger partial charge >= 0.3 is 0 Å². The fourth-order valence-corrected chi connectivity index (χ4v) is 6.36. The summed E-state index contributed by atoms with van der Waals surface area (Å²) in [5, 5.41) is 13.7. The van der Waals surface area contributed by atoms with Crippen molar-refractivity contribution in [3.8, 4) is 11.1 Å². The Kier molecular flexibility index (Phi) is 7.65. The molecule has 188 valence electrons. The number of aryl methyl sites for hydroxylation is 2. The first-order valence-electron chi connectivity index (χ1n) is 13.0. The Balaban J connectivity index is 1.40. The second-order valence-electron chi connectivity index (χ2n) is 10.2. The van der Waals surface area contributed by atoms with Crippen LogP contribution in [0, 0.1) is 13.8 Å². The van der Waals surface area contributed by atoms with Crippen LogP contribution in [0.2, 0.25) is 0 Å². The Bertz CT molecular complexity index is 1370. The predicted molar refractivity (Wildman–Crippen MR) is 149 cm³/mol. The molecule has 2 aromatic carbocycles. The normalized spacial score (nSPS) is 15.6. The molecule has 2 N–H and O–H groups in total. The number of nitrogens with zero attached hydrogens (tertiary/aromatic N) is 2. The molecule has 1 atom stereocenters. The van der Waals surface area contributed by atoms with Crippen LogP contribution >= 0.6 is 11.3 Å². The summed E-state index contributed by atoms with van der Waals surface area (Å²) in [5.74, 6) is 0.679. The van der Waals surface area contributed by atoms with Crippen molar-refractivity contribution in [3.63, 3.8) is 0 Å². The minimum Gasteiger partial charge on any atom is -0.391 e. The van der Waals surface area contributed by atoms with E-state index in [2.05, 4.69) is 54.1 Å². The van der Waals surface area contributed by atoms with Gasteiger partial charge in [-0.15, -0.1) is 11.3 Å². The molecule has 0 bridgehead atoms. The third-order valence-corrected chi connectivity index (χ3v) is 8.39. The molecule has 6 heteroatoms. The standard InChI is InChI=1S/C30H35N3O2S/c1-20-13-14-23(15-21(20)2)26-19-36-30-28(26)29(35)31-27(32-30)18-33(24-11-7-4-8-12-24)17-25(34)16-22-9-5-3-6-10-22/h3,5-6,9-10,13-15,19,24-25,34H,4,7-8,11-12,16-18H2,1-2H3,(H,31,32,35). The van der Waals surface area contributed by atoms with Crippen molar-refractivity contribution < 1.29 is 5.11 Å². The van der Waals surface area contributed by atoms with E-state index in [0.717, 1.165) is 34.4 Å². The largest absolute Gasteiger partial charge is 0.391 e. The highest BCUT2D eigenvalue weighted by Gasteiger charge is 2.25. The van der Waals surface area contributed by atoms with Gasteiger partial charge in [0.15, 0.2) is 0 Å². The number of aromatic nitrogens is 2. The first kappa shape index (κ1) is 24.9. The number of benzene rings is 2. The topological polar surface area (TPSA) is 69.2 Å². The molecule has 2 heterocycles. The van der Waals surface area contributed by atoms with E-state index in [4.69, 9.17) is 4.98 Å². The second-order valence-corrected chi connectivity index (χ2v) is 11.1. The molecule has 1 unspecified atom stereocenters. The van der Waals surface area contributed by atoms with Gasteiger partial charge < -0.3 is 10.1 Å². The van der Waals surface area contributed by atoms with Crippen molar-refractivity contribution in [2.45, 2.75) is 71.1 Å². The van der Waals surface area contributed by atoms with Crippen LogP contribution in [0.3, 0.4) is 0 Å². The van der Waals surface area contributed by atoms with Gasteiger partial charge in [0.2, 0.25) is 0 Å². The lowest BCUT2D eigenvalue weighted by atomic mass is 9.93. The number of rotatable bonds is 8. The van der Waals surface area contributed by atoms with E-state index in [1.54, 1.807) is 0 Å². The number of hydrogen-bond donors (Lipinski definition) is 2. The van der Waals surface area contributed by atoms with Gasteiger partial charge in [-0.2, -0.15) is 0 Å². The van der Waals surface area contributed by atoms with Gasteiger partial charge in [-0.3, -0.25) is 9.69 Å². The van der Waals surface area contributed by atoms with Crippen molar-refractivity contribution in [1.29, 1.82) is 0 Å². The van der Waals surface area contributed by atoms with E-state index in [1.165, 1.54) is 41.7 Å². The van der Waals surface area contributed by atoms with Crippen LogP contribution in [-0.2, 0) is 13.0 Å². The molecule has 36 heavy (non-hydrogen) atoms. The van der Waals surface area contributed by atoms with E-state index in [0.29, 0.717) is 36.8 Å². The highest BCUT2D eigenvalue weighted by Crippen LogP contribution is 2.32. The molecule has 0 aliphatic heterocycles. The monoisotopic (exact) mass is 501 g/mol. The summed E-state index contributed by atoms with van der Waals surface area (Å²) >= 11 is 1.53. The van der Waals surface area contributed by atoms with Gasteiger partial charge in [0.25, 0.3) is 5.56 Å². The van der Waals surface area contributed by atoms with Crippen molar-refractivity contribution in [2.75, 3.05) is 6.54 Å². The van der Waals surface area contributed by atoms with Crippen LogP contribution in [0.4, 0.5) is 0 Å². The molecule has 4 aromatic rings. The number of aliphatic hydroxyl groups excluding tert-OH is 1. The molecule has 0 saturated heterocycles. The Hall–Kier alpha value is -2.80. The van der Waals surface area contributed by atoms with E-state index >= 15 is 0 Å². The minimum absolute atomic E-state index is 0.0853. The molecule has 1 aliphatic rings. The van der Waals surface area contributed by atoms with E-state index in [9.17, 15) is 9.90 Å². The second kappa shape index (κ2) is 11.1. The van der Waals surface area contributed by atoms with Crippen LogP contribution in [0.15, 0.2) is 58.7 Å². The molecule has 5 nitrogen and oxygen atoms in total. The van der Waals surface area contributed by atoms with E-state index in [-0.39, 0.29) is 5.56 Å². The van der Waals surface area contributed by atoms with Crippen LogP contribution in [0.1, 0.15) is 54.6 Å². The number of fused-ring (bicyclic) bond motifs is 1. The summed E-state index contributed by atoms with van der Waals surface area (Å²) in [6.07, 6.45) is 6.10. The third kappa shape index (κ3) is 5.61. The van der Waals surface area contributed by atoms with Crippen molar-refractivity contribution in [3.05, 3.63) is 86.8 Å². The van der Waals surface area contributed by atoms with Crippen LogP contribution in [0.5, 0.6) is 0 Å². The number of aromatic amines is 1. The molecular weight excluding hydrogens is 466 g/mol. The molecule has 1 fully saturated rings. The SMILES string of the molecule is Cc1ccc(-c2csc3nc(CN(CC(O)Cc4ccccc4)C4CCCCC4)[nH]c(=O)c23)cc1C. The zero-order chi connectivity index (χ0) is 25.1. The number of hydrogen-bond acceptors (Lipinski definition) is 5. The zero-order valence-electron chi connectivity index (χ0n) is 21.2. The fraction of sp³-hybridized carbons (Fsp3) is 0.400. The number of H-pyrrole nitrogens is 1. The smallest absolute Gasteiger partial charge is 0.260 e. The lowest BCUT2D eigenvalue weighted by molar-refractivity contribution is 0.0662. The first-order valence-corrected chi connectivity index (χ1v) is 13.9. The van der Waals surface area contributed by atoms with Crippen LogP contribution < -0.4 is 5.56 Å². The summed E-state index contributed by atoms with van der Waals surface area (Å²) in [4.78, 5) is 24.4. The summed E-state index contributed by atoms with van der Waals surface area (Å²) in [5.41, 5.74) is 5.50. The molecule has 1 aliphatic carbocycles. The molecule has 0 spiro atoms. The van der Waals surface area contributed by atoms with Gasteiger partial charge in [-0.25, -0.2) is 4.98 Å². The fourth-order valence-electron chi connectivity index (χ4n) is 5.39. The maximum Gasteiger partial charge on any atom is 0.260 e. The van der Waals surface area contributed by atoms with Gasteiger partial charge in [0.05, 0.1) is 18.0 Å². The summed E-state index contributed by atoms with van der Waals surface area (Å²) in [6, 6.07) is 16.9. The van der Waals surface area contributed by atoms with Crippen LogP contribution in [0.25, 0.3) is 21.3 Å². The first-order chi connectivity index (χ1) is 17.5. The van der Waals surface area contributed by atoms with Crippen LogP contribution in [-0.4, -0.2) is 38.7 Å². The summed E-state index contributed by atoms with van der Waals surface area (Å²) in [6.45, 7) is 5.30. The predicted octanol–water partition coefficient (Wildman–Crippen LogP) is 6.01. The zero-order valence-corrected chi connectivity index (χ0v) is 22.0. The van der Waals surface area contributed by atoms with E-state index < -0.39 is 6.10 Å². The Morgan fingerprint density at radius 1 is 1.08 bits per heavy atom. The van der Waals surface area contributed by atoms with Crippen molar-refractivity contribution >= 4 is 21.6 Å². The number of aliphatic hydroxyl groups is 1. The highest BCUT2D eigenvalue weighted by atomic mass is 32.1. The van der Waals surface area contributed by atoms with Gasteiger partial charge in [-0.1, -0.05) is 67.8 Å². The molecule has 2 aromatic heterocycles. The summed E-state index contributed by atoms with van der Waals surface area (Å²) in [7, 11) is 0. The minimum atomic E-state index is -0.470. The summed E-state index contributed by atoms with van der Waals surface area (Å²) < 4.78 is 0. The molecule has 1 saturated carbocycles. The average Bonchev–Trinajstić information content (AvgIpc) is 3.31. The Morgan fingerprint density at radius 2 is 1.86 bits per heavy atom. The van der Waals surface area contributed by atoms with Crippen molar-refractivity contribution in [2.24, 2.45) is 0 Å². The molecular formula is C30H35N3O2S. The Labute approximate surface area is 216 Å². The Morgan fingerprint density at radius 3 is 2.61 bits per heavy atom. The van der Waals surface area contributed by atoms with Gasteiger partial charge in [0.1, 0.15) is 10.7 Å². The number of nitrogens with one attached hydrogen (secondary N) is 1. The maximum atomic E-state index is 13.3. The maximum absolute atomic E-state index is 13.3. The van der Waals surface area contributed by atoms with Gasteiger partial charge in [-0.05, 0) is 55.4 Å². The number of thiophene rings is 1. The lowest BCUT2D eigenvalue weighted by Crippen LogP contribution is -2.42. The molecule has 0 amide bonds. The third-order valence-electron chi connectivity index (χ3n) is 7.51.